The van der Waals surface area contributed by atoms with Gasteiger partial charge in [0, 0.05) is 6.04 Å². The van der Waals surface area contributed by atoms with Crippen molar-refractivity contribution in [3.8, 4) is 0 Å². The van der Waals surface area contributed by atoms with E-state index in [4.69, 9.17) is 0 Å². The molecule has 1 aliphatic carbocycles. The molecule has 0 unspecified atom stereocenters. The molecule has 0 fully saturated rings. The van der Waals surface area contributed by atoms with Crippen LogP contribution in [-0.4, -0.2) is 24.4 Å². The van der Waals surface area contributed by atoms with E-state index >= 15 is 0 Å². The van der Waals surface area contributed by atoms with E-state index in [9.17, 15) is 9.18 Å². The SMILES string of the molecule is Cc1ccc(NC(=O)CN(C)[C@H]2CCCc3ccccc32)c(F)c1. The second-order valence-electron chi connectivity index (χ2n) is 6.55. The summed E-state index contributed by atoms with van der Waals surface area (Å²) in [4.78, 5) is 14.4. The number of amides is 1. The number of likely N-dealkylation sites (N-methyl/N-ethyl adjacent to an activating group) is 1. The molecule has 2 aromatic rings. The first-order valence-corrected chi connectivity index (χ1v) is 8.38. The van der Waals surface area contributed by atoms with Crippen molar-refractivity contribution in [2.45, 2.75) is 32.2 Å². The molecule has 0 bridgehead atoms. The minimum atomic E-state index is -0.394. The molecule has 4 heteroatoms. The molecule has 1 aliphatic rings. The molecule has 0 saturated heterocycles. The van der Waals surface area contributed by atoms with Crippen LogP contribution in [0.4, 0.5) is 10.1 Å². The standard InChI is InChI=1S/C20H23FN2O/c1-14-10-11-18(17(21)12-14)22-20(24)13-23(2)19-9-5-7-15-6-3-4-8-16(15)19/h3-4,6,8,10-12,19H,5,7,9,13H2,1-2H3,(H,22,24)/t19-/m0/s1. The Hall–Kier alpha value is -2.20. The number of fused-ring (bicyclic) bond motifs is 1. The summed E-state index contributed by atoms with van der Waals surface area (Å²) in [5, 5.41) is 2.68. The third kappa shape index (κ3) is 3.65. The van der Waals surface area contributed by atoms with Gasteiger partial charge in [-0.3, -0.25) is 9.69 Å². The van der Waals surface area contributed by atoms with Gasteiger partial charge in [-0.05, 0) is 62.1 Å². The third-order valence-corrected chi connectivity index (χ3v) is 4.66. The van der Waals surface area contributed by atoms with Gasteiger partial charge >= 0.3 is 0 Å². The molecule has 0 spiro atoms. The summed E-state index contributed by atoms with van der Waals surface area (Å²) in [5.74, 6) is -0.586. The van der Waals surface area contributed by atoms with Crippen LogP contribution < -0.4 is 5.32 Å². The Balaban J connectivity index is 1.67. The lowest BCUT2D eigenvalue weighted by Crippen LogP contribution is -2.35. The number of benzene rings is 2. The Morgan fingerprint density at radius 3 is 2.88 bits per heavy atom. The smallest absolute Gasteiger partial charge is 0.238 e. The predicted octanol–water partition coefficient (Wildman–Crippen LogP) is 4.08. The molecule has 2 aromatic carbocycles. The summed E-state index contributed by atoms with van der Waals surface area (Å²) in [7, 11) is 1.96. The molecule has 0 aromatic heterocycles. The molecular formula is C20H23FN2O. The lowest BCUT2D eigenvalue weighted by molar-refractivity contribution is -0.117. The molecule has 126 valence electrons. The highest BCUT2D eigenvalue weighted by Crippen LogP contribution is 2.33. The van der Waals surface area contributed by atoms with Crippen molar-refractivity contribution in [3.63, 3.8) is 0 Å². The van der Waals surface area contributed by atoms with E-state index in [1.807, 2.05) is 20.0 Å². The van der Waals surface area contributed by atoms with Gasteiger partial charge in [0.25, 0.3) is 0 Å². The van der Waals surface area contributed by atoms with Gasteiger partial charge in [0.1, 0.15) is 5.82 Å². The van der Waals surface area contributed by atoms with Crippen LogP contribution >= 0.6 is 0 Å². The van der Waals surface area contributed by atoms with Gasteiger partial charge in [0.15, 0.2) is 0 Å². The Kier molecular flexibility index (Phi) is 4.95. The van der Waals surface area contributed by atoms with Gasteiger partial charge < -0.3 is 5.32 Å². The van der Waals surface area contributed by atoms with Crippen molar-refractivity contribution < 1.29 is 9.18 Å². The number of nitrogens with one attached hydrogen (secondary N) is 1. The zero-order valence-corrected chi connectivity index (χ0v) is 14.2. The molecular weight excluding hydrogens is 303 g/mol. The zero-order chi connectivity index (χ0) is 17.1. The van der Waals surface area contributed by atoms with Crippen LogP contribution in [0, 0.1) is 12.7 Å². The second-order valence-corrected chi connectivity index (χ2v) is 6.55. The minimum absolute atomic E-state index is 0.191. The summed E-state index contributed by atoms with van der Waals surface area (Å²) < 4.78 is 13.9. The number of aryl methyl sites for hydroxylation is 2. The Morgan fingerprint density at radius 2 is 2.08 bits per heavy atom. The maximum absolute atomic E-state index is 13.9. The number of halogens is 1. The fourth-order valence-corrected chi connectivity index (χ4v) is 3.43. The van der Waals surface area contributed by atoms with Crippen molar-refractivity contribution in [2.24, 2.45) is 0 Å². The van der Waals surface area contributed by atoms with Gasteiger partial charge in [0.05, 0.1) is 12.2 Å². The summed E-state index contributed by atoms with van der Waals surface area (Å²) in [6.07, 6.45) is 3.27. The van der Waals surface area contributed by atoms with E-state index in [0.717, 1.165) is 24.8 Å². The Morgan fingerprint density at radius 1 is 1.29 bits per heavy atom. The number of carbonyl (C=O) groups is 1. The number of anilines is 1. The highest BCUT2D eigenvalue weighted by Gasteiger charge is 2.24. The quantitative estimate of drug-likeness (QED) is 0.918. The maximum Gasteiger partial charge on any atom is 0.238 e. The maximum atomic E-state index is 13.9. The first-order valence-electron chi connectivity index (χ1n) is 8.38. The summed E-state index contributed by atoms with van der Waals surface area (Å²) in [6.45, 7) is 2.06. The monoisotopic (exact) mass is 326 g/mol. The molecule has 0 saturated carbocycles. The minimum Gasteiger partial charge on any atom is -0.322 e. The van der Waals surface area contributed by atoms with E-state index in [1.165, 1.54) is 17.2 Å². The molecule has 1 atom stereocenters. The lowest BCUT2D eigenvalue weighted by atomic mass is 9.87. The lowest BCUT2D eigenvalue weighted by Gasteiger charge is -2.32. The first-order chi connectivity index (χ1) is 11.5. The van der Waals surface area contributed by atoms with Gasteiger partial charge in [-0.15, -0.1) is 0 Å². The molecule has 1 amide bonds. The first kappa shape index (κ1) is 16.7. The van der Waals surface area contributed by atoms with E-state index in [-0.39, 0.29) is 24.2 Å². The van der Waals surface area contributed by atoms with Crippen LogP contribution in [-0.2, 0) is 11.2 Å². The number of rotatable bonds is 4. The fourth-order valence-electron chi connectivity index (χ4n) is 3.43. The average molecular weight is 326 g/mol. The molecule has 0 aliphatic heterocycles. The van der Waals surface area contributed by atoms with Crippen LogP contribution in [0.2, 0.25) is 0 Å². The van der Waals surface area contributed by atoms with Crippen molar-refractivity contribution >= 4 is 11.6 Å². The zero-order valence-electron chi connectivity index (χ0n) is 14.2. The van der Waals surface area contributed by atoms with Crippen molar-refractivity contribution in [2.75, 3.05) is 18.9 Å². The summed E-state index contributed by atoms with van der Waals surface area (Å²) in [5.41, 5.74) is 3.75. The molecule has 24 heavy (non-hydrogen) atoms. The number of hydrogen-bond acceptors (Lipinski definition) is 2. The van der Waals surface area contributed by atoms with Crippen molar-refractivity contribution in [1.82, 2.24) is 4.90 Å². The van der Waals surface area contributed by atoms with E-state index in [2.05, 4.69) is 28.4 Å². The second kappa shape index (κ2) is 7.14. The van der Waals surface area contributed by atoms with Crippen molar-refractivity contribution in [3.05, 3.63) is 65.0 Å². The largest absolute Gasteiger partial charge is 0.322 e. The third-order valence-electron chi connectivity index (χ3n) is 4.66. The highest BCUT2D eigenvalue weighted by molar-refractivity contribution is 5.92. The number of carbonyl (C=O) groups excluding carboxylic acids is 1. The highest BCUT2D eigenvalue weighted by atomic mass is 19.1. The fraction of sp³-hybridized carbons (Fsp3) is 0.350. The van der Waals surface area contributed by atoms with Crippen LogP contribution in [0.15, 0.2) is 42.5 Å². The molecule has 1 N–H and O–H groups in total. The Bertz CT molecular complexity index is 744. The Labute approximate surface area is 142 Å². The summed E-state index contributed by atoms with van der Waals surface area (Å²) >= 11 is 0. The van der Waals surface area contributed by atoms with Gasteiger partial charge in [-0.2, -0.15) is 0 Å². The predicted molar refractivity (Wildman–Crippen MR) is 94.5 cm³/mol. The van der Waals surface area contributed by atoms with Crippen LogP contribution in [0.5, 0.6) is 0 Å². The van der Waals surface area contributed by atoms with E-state index < -0.39 is 5.82 Å². The number of nitrogens with zero attached hydrogens (tertiary/aromatic N) is 1. The van der Waals surface area contributed by atoms with E-state index in [0.29, 0.717) is 0 Å². The molecule has 0 heterocycles. The van der Waals surface area contributed by atoms with Crippen LogP contribution in [0.3, 0.4) is 0 Å². The van der Waals surface area contributed by atoms with Crippen LogP contribution in [0.25, 0.3) is 0 Å². The van der Waals surface area contributed by atoms with Crippen LogP contribution in [0.1, 0.15) is 35.6 Å². The van der Waals surface area contributed by atoms with Crippen molar-refractivity contribution in [1.29, 1.82) is 0 Å². The normalized spacial score (nSPS) is 16.8. The van der Waals surface area contributed by atoms with Gasteiger partial charge in [-0.25, -0.2) is 4.39 Å². The molecule has 3 nitrogen and oxygen atoms in total. The molecule has 0 radical (unpaired) electrons. The van der Waals surface area contributed by atoms with E-state index in [1.54, 1.807) is 12.1 Å². The van der Waals surface area contributed by atoms with Gasteiger partial charge in [-0.1, -0.05) is 30.3 Å². The topological polar surface area (TPSA) is 32.3 Å². The summed E-state index contributed by atoms with van der Waals surface area (Å²) in [6, 6.07) is 13.5. The average Bonchev–Trinajstić information content (AvgIpc) is 2.57. The number of hydrogen-bond donors (Lipinski definition) is 1. The molecule has 3 rings (SSSR count). The van der Waals surface area contributed by atoms with Gasteiger partial charge in [0.2, 0.25) is 5.91 Å².